The van der Waals surface area contributed by atoms with Gasteiger partial charge in [0.15, 0.2) is 0 Å². The molecular weight excluding hydrogens is 415 g/mol. The Kier molecular flexibility index (Phi) is 6.66. The van der Waals surface area contributed by atoms with Crippen molar-refractivity contribution in [3.63, 3.8) is 0 Å². The molecule has 0 saturated heterocycles. The van der Waals surface area contributed by atoms with Crippen LogP contribution in [0.15, 0.2) is 87.5 Å². The van der Waals surface area contributed by atoms with Crippen molar-refractivity contribution in [1.29, 1.82) is 0 Å². The molecule has 0 unspecified atom stereocenters. The molecule has 0 saturated carbocycles. The van der Waals surface area contributed by atoms with E-state index in [9.17, 15) is 13.0 Å². The second-order valence-electron chi connectivity index (χ2n) is 5.62. The number of hydrogen-bond donors (Lipinski definition) is 1. The van der Waals surface area contributed by atoms with E-state index >= 15 is 0 Å². The summed E-state index contributed by atoms with van der Waals surface area (Å²) < 4.78 is 34.0. The second-order valence-corrected chi connectivity index (χ2v) is 10.8. The van der Waals surface area contributed by atoms with Crippen LogP contribution in [0.3, 0.4) is 0 Å². The molecule has 0 fully saturated rings. The topological polar surface area (TPSA) is 54.4 Å². The van der Waals surface area contributed by atoms with Crippen molar-refractivity contribution < 1.29 is 13.0 Å². The lowest BCUT2D eigenvalue weighted by Crippen LogP contribution is -2.26. The lowest BCUT2D eigenvalue weighted by atomic mass is 10.3. The Morgan fingerprint density at radius 2 is 1.11 bits per heavy atom. The molecule has 0 aliphatic rings. The van der Waals surface area contributed by atoms with Gasteiger partial charge >= 0.3 is 0 Å². The van der Waals surface area contributed by atoms with Crippen LogP contribution in [0, 0.1) is 0 Å². The molecule has 0 atom stereocenters. The fraction of sp³-hybridized carbons (Fsp3) is 0.100. The minimum absolute atomic E-state index is 0.0251. The summed E-state index contributed by atoms with van der Waals surface area (Å²) >= 11 is 3.27. The van der Waals surface area contributed by atoms with Gasteiger partial charge in [0, 0.05) is 15.1 Å². The molecule has 3 rings (SSSR count). The van der Waals surface area contributed by atoms with Crippen molar-refractivity contribution in [2.24, 2.45) is 0 Å². The third-order valence-electron chi connectivity index (χ3n) is 4.04. The number of thioether (sulfide) groups is 2. The van der Waals surface area contributed by atoms with E-state index in [4.69, 9.17) is 0 Å². The minimum Gasteiger partial charge on any atom is -0.282 e. The minimum atomic E-state index is -4.33. The number of hydrogen-bond acceptors (Lipinski definition) is 4. The maximum atomic E-state index is 12.1. The van der Waals surface area contributed by atoms with Crippen molar-refractivity contribution in [2.75, 3.05) is 12.5 Å². The molecule has 0 bridgehead atoms. The van der Waals surface area contributed by atoms with Crippen LogP contribution in [0.4, 0.5) is 0 Å². The Morgan fingerprint density at radius 3 is 1.56 bits per heavy atom. The summed E-state index contributed by atoms with van der Waals surface area (Å²) in [5.74, 6) is 0. The van der Waals surface area contributed by atoms with Crippen LogP contribution in [-0.2, 0) is 10.1 Å². The van der Waals surface area contributed by atoms with Gasteiger partial charge in [0.25, 0.3) is 10.1 Å². The molecule has 0 aromatic heterocycles. The third kappa shape index (κ3) is 4.41. The molecule has 3 aromatic carbocycles. The van der Waals surface area contributed by atoms with Crippen molar-refractivity contribution in [3.8, 4) is 0 Å². The van der Waals surface area contributed by atoms with Crippen molar-refractivity contribution in [1.82, 2.24) is 0 Å². The van der Waals surface area contributed by atoms with E-state index in [1.165, 1.54) is 6.07 Å². The summed E-state index contributed by atoms with van der Waals surface area (Å²) in [6.45, 7) is 0. The summed E-state index contributed by atoms with van der Waals surface area (Å²) in [4.78, 5) is 2.18. The van der Waals surface area contributed by atoms with Gasteiger partial charge < -0.3 is 0 Å². The molecule has 0 amide bonds. The largest absolute Gasteiger partial charge is 0.295 e. The van der Waals surface area contributed by atoms with E-state index in [1.54, 1.807) is 29.6 Å². The van der Waals surface area contributed by atoms with Crippen LogP contribution < -0.4 is 15.9 Å². The predicted molar refractivity (Wildman–Crippen MR) is 119 cm³/mol. The molecule has 7 heteroatoms. The molecule has 0 heterocycles. The SMILES string of the molecule is CSc1ccccc1P(c1ccccc1SC)c1ccccc1S(=O)(=O)O. The van der Waals surface area contributed by atoms with Crippen LogP contribution >= 0.6 is 31.4 Å². The van der Waals surface area contributed by atoms with Gasteiger partial charge in [-0.15, -0.1) is 23.5 Å². The summed E-state index contributed by atoms with van der Waals surface area (Å²) in [6, 6.07) is 22.9. The quantitative estimate of drug-likeness (QED) is 0.359. The first kappa shape index (κ1) is 20.4. The van der Waals surface area contributed by atoms with Crippen molar-refractivity contribution >= 4 is 57.5 Å². The van der Waals surface area contributed by atoms with Gasteiger partial charge in [0.2, 0.25) is 0 Å². The average Bonchev–Trinajstić information content (AvgIpc) is 2.68. The van der Waals surface area contributed by atoms with Gasteiger partial charge in [0.1, 0.15) is 4.90 Å². The highest BCUT2D eigenvalue weighted by atomic mass is 32.2. The molecule has 3 aromatic rings. The average molecular weight is 435 g/mol. The molecule has 27 heavy (non-hydrogen) atoms. The Bertz CT molecular complexity index is 1000. The molecule has 3 nitrogen and oxygen atoms in total. The fourth-order valence-corrected chi connectivity index (χ4v) is 8.53. The van der Waals surface area contributed by atoms with E-state index in [-0.39, 0.29) is 4.90 Å². The van der Waals surface area contributed by atoms with Gasteiger partial charge in [0.05, 0.1) is 0 Å². The first-order valence-electron chi connectivity index (χ1n) is 8.10. The first-order chi connectivity index (χ1) is 13.0. The van der Waals surface area contributed by atoms with E-state index in [0.717, 1.165) is 20.4 Å². The second kappa shape index (κ2) is 8.80. The van der Waals surface area contributed by atoms with E-state index < -0.39 is 18.0 Å². The smallest absolute Gasteiger partial charge is 0.282 e. The van der Waals surface area contributed by atoms with Crippen molar-refractivity contribution in [3.05, 3.63) is 72.8 Å². The molecule has 0 radical (unpaired) electrons. The van der Waals surface area contributed by atoms with E-state index in [1.807, 2.05) is 61.0 Å². The molecule has 0 aliphatic carbocycles. The molecule has 0 spiro atoms. The van der Waals surface area contributed by atoms with E-state index in [0.29, 0.717) is 5.30 Å². The summed E-state index contributed by atoms with van der Waals surface area (Å²) in [5, 5.41) is 2.80. The van der Waals surface area contributed by atoms with Crippen molar-refractivity contribution in [2.45, 2.75) is 14.7 Å². The Hall–Kier alpha value is -1.30. The van der Waals surface area contributed by atoms with Crippen LogP contribution in [0.1, 0.15) is 0 Å². The van der Waals surface area contributed by atoms with Gasteiger partial charge in [-0.3, -0.25) is 4.55 Å². The lowest BCUT2D eigenvalue weighted by molar-refractivity contribution is 0.484. The first-order valence-corrected chi connectivity index (χ1v) is 13.3. The molecule has 1 N–H and O–H groups in total. The predicted octanol–water partition coefficient (Wildman–Crippen LogP) is 4.14. The Balaban J connectivity index is 2.37. The Labute approximate surface area is 170 Å². The zero-order chi connectivity index (χ0) is 19.4. The highest BCUT2D eigenvalue weighted by molar-refractivity contribution is 8.00. The maximum Gasteiger partial charge on any atom is 0.295 e. The molecular formula is C20H19O3PS3. The van der Waals surface area contributed by atoms with Crippen LogP contribution in [0.2, 0.25) is 0 Å². The zero-order valence-corrected chi connectivity index (χ0v) is 18.2. The van der Waals surface area contributed by atoms with Gasteiger partial charge in [-0.2, -0.15) is 8.42 Å². The summed E-state index contributed by atoms with van der Waals surface area (Å²) in [7, 11) is -5.50. The Morgan fingerprint density at radius 1 is 0.704 bits per heavy atom. The monoisotopic (exact) mass is 434 g/mol. The normalized spacial score (nSPS) is 11.7. The standard InChI is InChI=1S/C20H19O3PS3/c1-25-18-12-6-3-9-15(18)24(16-10-4-7-13-19(16)26-2)17-11-5-8-14-20(17)27(21,22)23/h3-14H,1-2H3,(H,21,22,23). The van der Waals surface area contributed by atoms with Crippen LogP contribution in [-0.4, -0.2) is 25.5 Å². The van der Waals surface area contributed by atoms with Gasteiger partial charge in [-0.05, 0) is 49.2 Å². The van der Waals surface area contributed by atoms with Gasteiger partial charge in [-0.1, -0.05) is 54.6 Å². The molecule has 140 valence electrons. The summed E-state index contributed by atoms with van der Waals surface area (Å²) in [5.41, 5.74) is 0. The molecule has 0 aliphatic heterocycles. The third-order valence-corrected chi connectivity index (χ3v) is 9.61. The lowest BCUT2D eigenvalue weighted by Gasteiger charge is -2.24. The van der Waals surface area contributed by atoms with E-state index in [2.05, 4.69) is 12.1 Å². The van der Waals surface area contributed by atoms with Gasteiger partial charge in [-0.25, -0.2) is 0 Å². The highest BCUT2D eigenvalue weighted by Gasteiger charge is 2.27. The zero-order valence-electron chi connectivity index (χ0n) is 14.9. The van der Waals surface area contributed by atoms with Crippen LogP contribution in [0.5, 0.6) is 0 Å². The number of rotatable bonds is 6. The number of benzene rings is 3. The van der Waals surface area contributed by atoms with Crippen LogP contribution in [0.25, 0.3) is 0 Å². The fourth-order valence-electron chi connectivity index (χ4n) is 2.88. The highest BCUT2D eigenvalue weighted by Crippen LogP contribution is 2.40. The maximum absolute atomic E-state index is 12.1. The summed E-state index contributed by atoms with van der Waals surface area (Å²) in [6.07, 6.45) is 4.03.